The highest BCUT2D eigenvalue weighted by atomic mass is 32.2. The summed E-state index contributed by atoms with van der Waals surface area (Å²) in [6.45, 7) is 5.13. The summed E-state index contributed by atoms with van der Waals surface area (Å²) in [5, 5.41) is 6.49. The summed E-state index contributed by atoms with van der Waals surface area (Å²) in [7, 11) is 1.60. The van der Waals surface area contributed by atoms with Crippen LogP contribution in [0.25, 0.3) is 22.0 Å². The van der Waals surface area contributed by atoms with Gasteiger partial charge in [-0.05, 0) is 100 Å². The molecule has 322 valence electrons. The van der Waals surface area contributed by atoms with Gasteiger partial charge >= 0.3 is 6.09 Å². The largest absolute Gasteiger partial charge is 0.497 e. The topological polar surface area (TPSA) is 186 Å². The number of pyridine rings is 1. The molecule has 3 fully saturated rings. The third-order valence-corrected chi connectivity index (χ3v) is 14.0. The highest BCUT2D eigenvalue weighted by Gasteiger charge is 2.62. The molecule has 2 aliphatic carbocycles. The molecule has 15 nitrogen and oxygen atoms in total. The van der Waals surface area contributed by atoms with E-state index in [-0.39, 0.29) is 31.0 Å². The predicted molar refractivity (Wildman–Crippen MR) is 231 cm³/mol. The smallest absolute Gasteiger partial charge is 0.408 e. The van der Waals surface area contributed by atoms with Crippen molar-refractivity contribution in [2.75, 3.05) is 44.2 Å². The zero-order valence-corrected chi connectivity index (χ0v) is 36.5. The number of ether oxygens (including phenoxy) is 3. The molecular weight excluding hydrogens is 809 g/mol. The van der Waals surface area contributed by atoms with E-state index in [4.69, 9.17) is 19.2 Å². The van der Waals surface area contributed by atoms with Crippen LogP contribution in [0.2, 0.25) is 0 Å². The molecule has 0 radical (unpaired) electrons. The van der Waals surface area contributed by atoms with Gasteiger partial charge in [-0.15, -0.1) is 0 Å². The molecule has 60 heavy (non-hydrogen) atoms. The molecule has 4 amide bonds. The summed E-state index contributed by atoms with van der Waals surface area (Å²) in [6, 6.07) is 13.2. The number of carbonyl (C=O) groups excluding carboxylic acids is 4. The third-order valence-electron chi connectivity index (χ3n) is 11.1. The van der Waals surface area contributed by atoms with Crippen LogP contribution in [0.3, 0.4) is 0 Å². The molecule has 2 saturated carbocycles. The van der Waals surface area contributed by atoms with Crippen molar-refractivity contribution < 1.29 is 41.8 Å². The number of carbonyl (C=O) groups is 4. The predicted octanol–water partition coefficient (Wildman–Crippen LogP) is 4.78. The van der Waals surface area contributed by atoms with Crippen LogP contribution < -0.4 is 29.7 Å². The van der Waals surface area contributed by atoms with Crippen LogP contribution >= 0.6 is 11.8 Å². The Labute approximate surface area is 355 Å². The number of thioether (sulfide) groups is 1. The van der Waals surface area contributed by atoms with Crippen molar-refractivity contribution in [2.24, 2.45) is 5.92 Å². The SMILES string of the molecule is COc1ccc2c(OC3C[C@H]4C(=O)N[C@]5(C(=O)NS(=O)(=O)C6CC6)C[C@H]5/C=C\CCCSC[C@H](NC(=O)OC(C)(C)C)C(=O)N4C3)nc(-c3ccc(N(C)C)cc3)cc2c1. The lowest BCUT2D eigenvalue weighted by molar-refractivity contribution is -0.140. The number of hydrogen-bond acceptors (Lipinski definition) is 12. The van der Waals surface area contributed by atoms with E-state index in [1.807, 2.05) is 73.6 Å². The molecule has 17 heteroatoms. The Morgan fingerprint density at radius 3 is 2.50 bits per heavy atom. The summed E-state index contributed by atoms with van der Waals surface area (Å²) >= 11 is 1.49. The first-order valence-corrected chi connectivity index (χ1v) is 23.0. The molecule has 1 unspecified atom stereocenters. The van der Waals surface area contributed by atoms with Gasteiger partial charge in [-0.1, -0.05) is 24.3 Å². The number of methoxy groups -OCH3 is 1. The zero-order valence-electron chi connectivity index (χ0n) is 34.9. The van der Waals surface area contributed by atoms with E-state index in [1.165, 1.54) is 16.7 Å². The van der Waals surface area contributed by atoms with E-state index in [0.29, 0.717) is 41.8 Å². The Morgan fingerprint density at radius 1 is 1.07 bits per heavy atom. The minimum absolute atomic E-state index is 0.0174. The van der Waals surface area contributed by atoms with Crippen molar-refractivity contribution in [3.8, 4) is 22.9 Å². The van der Waals surface area contributed by atoms with Gasteiger partial charge in [0.15, 0.2) is 0 Å². The maximum absolute atomic E-state index is 14.7. The van der Waals surface area contributed by atoms with Gasteiger partial charge in [0.05, 0.1) is 24.6 Å². The first-order chi connectivity index (χ1) is 28.5. The highest BCUT2D eigenvalue weighted by Crippen LogP contribution is 2.46. The van der Waals surface area contributed by atoms with Crippen LogP contribution in [0, 0.1) is 5.92 Å². The number of rotatable bonds is 9. The molecule has 1 aromatic heterocycles. The number of fused-ring (bicyclic) bond motifs is 3. The van der Waals surface area contributed by atoms with Crippen molar-refractivity contribution >= 4 is 62.1 Å². The molecular formula is C43H54N6O9S2. The second-order valence-electron chi connectivity index (χ2n) is 17.1. The van der Waals surface area contributed by atoms with Gasteiger partial charge in [-0.25, -0.2) is 18.2 Å². The van der Waals surface area contributed by atoms with Crippen LogP contribution in [0.5, 0.6) is 11.6 Å². The molecule has 3 aromatic rings. The Balaban J connectivity index is 1.23. The van der Waals surface area contributed by atoms with Crippen molar-refractivity contribution in [3.05, 3.63) is 60.7 Å². The highest BCUT2D eigenvalue weighted by molar-refractivity contribution is 7.99. The number of benzene rings is 2. The van der Waals surface area contributed by atoms with E-state index < -0.39 is 74.3 Å². The number of allylic oxidation sites excluding steroid dienone is 1. The summed E-state index contributed by atoms with van der Waals surface area (Å²) < 4.78 is 45.9. The normalized spacial score (nSPS) is 25.4. The number of aromatic nitrogens is 1. The molecule has 2 aromatic carbocycles. The first-order valence-electron chi connectivity index (χ1n) is 20.3. The van der Waals surface area contributed by atoms with Crippen molar-refractivity contribution in [3.63, 3.8) is 0 Å². The Morgan fingerprint density at radius 2 is 1.82 bits per heavy atom. The standard InChI is InChI=1S/C43H54N6O9S2/c1-42(2,3)58-41(53)45-35-25-59-19-9-7-8-10-28-23-43(28,40(52)47-60(54,55)32-16-17-32)46-37(50)36-22-31(24-49(36)39(35)51)57-38-33-18-15-30(56-6)20-27(33)21-34(44-38)26-11-13-29(14-12-26)48(4)5/h8,10-15,18,20-21,28,31-32,35-36H,7,9,16-17,19,22-25H2,1-6H3,(H,45,53)(H,46,50)(H,47,52)/b10-8-/t28-,31?,35+,36+,43-/m1/s1. The number of sulfonamides is 1. The van der Waals surface area contributed by atoms with Crippen molar-refractivity contribution in [1.29, 1.82) is 0 Å². The summed E-state index contributed by atoms with van der Waals surface area (Å²) in [5.74, 6) is -0.594. The number of hydrogen-bond donors (Lipinski definition) is 3. The summed E-state index contributed by atoms with van der Waals surface area (Å²) in [5.41, 5.74) is 0.146. The van der Waals surface area contributed by atoms with Crippen LogP contribution in [0.1, 0.15) is 59.3 Å². The molecule has 0 spiro atoms. The van der Waals surface area contributed by atoms with E-state index in [1.54, 1.807) is 33.9 Å². The monoisotopic (exact) mass is 862 g/mol. The fraction of sp³-hybridized carbons (Fsp3) is 0.512. The van der Waals surface area contributed by atoms with Gasteiger partial charge < -0.3 is 34.6 Å². The van der Waals surface area contributed by atoms with Gasteiger partial charge in [-0.3, -0.25) is 19.1 Å². The summed E-state index contributed by atoms with van der Waals surface area (Å²) in [6.07, 6.45) is 4.82. The minimum Gasteiger partial charge on any atom is -0.497 e. The van der Waals surface area contributed by atoms with Crippen LogP contribution in [-0.4, -0.2) is 116 Å². The van der Waals surface area contributed by atoms with E-state index in [0.717, 1.165) is 23.1 Å². The molecule has 3 N–H and O–H groups in total. The first kappa shape index (κ1) is 43.1. The molecule has 0 bridgehead atoms. The Hall–Kier alpha value is -5.03. The molecule has 2 aliphatic heterocycles. The van der Waals surface area contributed by atoms with Gasteiger partial charge in [0.1, 0.15) is 35.1 Å². The summed E-state index contributed by atoms with van der Waals surface area (Å²) in [4.78, 5) is 64.6. The van der Waals surface area contributed by atoms with Crippen LogP contribution in [0.15, 0.2) is 60.7 Å². The van der Waals surface area contributed by atoms with Crippen LogP contribution in [-0.2, 0) is 29.1 Å². The lowest BCUT2D eigenvalue weighted by Gasteiger charge is -2.30. The zero-order chi connectivity index (χ0) is 43.0. The molecule has 1 saturated heterocycles. The van der Waals surface area contributed by atoms with E-state index in [9.17, 15) is 27.6 Å². The van der Waals surface area contributed by atoms with Gasteiger partial charge in [0, 0.05) is 48.8 Å². The molecule has 3 heterocycles. The fourth-order valence-corrected chi connectivity index (χ4v) is 9.95. The molecule has 5 atom stereocenters. The molecule has 7 rings (SSSR count). The maximum Gasteiger partial charge on any atom is 0.408 e. The van der Waals surface area contributed by atoms with Gasteiger partial charge in [0.2, 0.25) is 27.7 Å². The average molecular weight is 863 g/mol. The number of amides is 4. The number of alkyl carbamates (subject to hydrolysis) is 1. The minimum atomic E-state index is -3.92. The Bertz CT molecular complexity index is 2280. The second-order valence-corrected chi connectivity index (χ2v) is 20.2. The molecule has 4 aliphatic rings. The number of nitrogens with zero attached hydrogens (tertiary/aromatic N) is 3. The van der Waals surface area contributed by atoms with E-state index in [2.05, 4.69) is 15.4 Å². The maximum atomic E-state index is 14.7. The lowest BCUT2D eigenvalue weighted by atomic mass is 10.1. The second kappa shape index (κ2) is 17.1. The van der Waals surface area contributed by atoms with Gasteiger partial charge in [-0.2, -0.15) is 11.8 Å². The van der Waals surface area contributed by atoms with E-state index >= 15 is 0 Å². The fourth-order valence-electron chi connectivity index (χ4n) is 7.59. The average Bonchev–Trinajstić information content (AvgIpc) is 4.12. The van der Waals surface area contributed by atoms with Gasteiger partial charge in [0.25, 0.3) is 5.91 Å². The number of anilines is 1. The van der Waals surface area contributed by atoms with Crippen LogP contribution in [0.4, 0.5) is 10.5 Å². The third kappa shape index (κ3) is 9.78. The quantitative estimate of drug-likeness (QED) is 0.251. The Kier molecular flexibility index (Phi) is 12.3. The van der Waals surface area contributed by atoms with Crippen molar-refractivity contribution in [2.45, 2.75) is 93.9 Å². The number of nitrogens with one attached hydrogen (secondary N) is 3. The lowest BCUT2D eigenvalue weighted by Crippen LogP contribution is -2.58. The van der Waals surface area contributed by atoms with Crippen molar-refractivity contribution in [1.82, 2.24) is 25.2 Å².